The first kappa shape index (κ1) is 13.4. The van der Waals surface area contributed by atoms with E-state index in [4.69, 9.17) is 5.73 Å². The number of nitrogens with two attached hydrogens (primary N) is 1. The van der Waals surface area contributed by atoms with Gasteiger partial charge in [-0.15, -0.1) is 0 Å². The lowest BCUT2D eigenvalue weighted by molar-refractivity contribution is 0.559. The predicted molar refractivity (Wildman–Crippen MR) is 74.8 cm³/mol. The molecule has 0 aliphatic carbocycles. The molecule has 1 heterocycles. The second kappa shape index (κ2) is 4.90. The van der Waals surface area contributed by atoms with Gasteiger partial charge in [0.25, 0.3) is 0 Å². The standard InChI is InChI=1S/C13H20N2O2S/c1-10-3-4-12(7-11(10)2)15-5-6-18(16,17)9-13(15)8-14/h3-4,7,13H,5-6,8-9,14H2,1-2H3. The highest BCUT2D eigenvalue weighted by Gasteiger charge is 2.30. The monoisotopic (exact) mass is 268 g/mol. The third-order valence-electron chi connectivity index (χ3n) is 3.62. The molecule has 0 amide bonds. The SMILES string of the molecule is Cc1ccc(N2CCS(=O)(=O)CC2CN)cc1C. The molecule has 2 rings (SSSR count). The minimum atomic E-state index is -2.92. The summed E-state index contributed by atoms with van der Waals surface area (Å²) in [6, 6.07) is 6.12. The third kappa shape index (κ3) is 2.67. The normalized spacial score (nSPS) is 23.1. The van der Waals surface area contributed by atoms with E-state index in [2.05, 4.69) is 30.9 Å². The lowest BCUT2D eigenvalue weighted by Gasteiger charge is -2.36. The van der Waals surface area contributed by atoms with Gasteiger partial charge < -0.3 is 10.6 Å². The minimum absolute atomic E-state index is 0.106. The fourth-order valence-corrected chi connectivity index (χ4v) is 3.87. The Hall–Kier alpha value is -1.07. The highest BCUT2D eigenvalue weighted by molar-refractivity contribution is 7.91. The Morgan fingerprint density at radius 3 is 2.67 bits per heavy atom. The number of hydrogen-bond acceptors (Lipinski definition) is 4. The van der Waals surface area contributed by atoms with Gasteiger partial charge in [-0.3, -0.25) is 0 Å². The molecule has 1 aromatic rings. The van der Waals surface area contributed by atoms with E-state index >= 15 is 0 Å². The molecule has 1 atom stereocenters. The second-order valence-corrected chi connectivity index (χ2v) is 7.19. The molecule has 5 heteroatoms. The van der Waals surface area contributed by atoms with Gasteiger partial charge in [-0.2, -0.15) is 0 Å². The van der Waals surface area contributed by atoms with Crippen LogP contribution in [0.4, 0.5) is 5.69 Å². The summed E-state index contributed by atoms with van der Waals surface area (Å²) in [5.41, 5.74) is 9.25. The Balaban J connectivity index is 2.29. The van der Waals surface area contributed by atoms with Crippen LogP contribution in [0.15, 0.2) is 18.2 Å². The number of rotatable bonds is 2. The van der Waals surface area contributed by atoms with E-state index in [-0.39, 0.29) is 17.5 Å². The van der Waals surface area contributed by atoms with Crippen molar-refractivity contribution in [1.82, 2.24) is 0 Å². The predicted octanol–water partition coefficient (Wildman–Crippen LogP) is 0.866. The van der Waals surface area contributed by atoms with Gasteiger partial charge in [0, 0.05) is 18.8 Å². The first-order valence-corrected chi connectivity index (χ1v) is 7.99. The number of hydrogen-bond donors (Lipinski definition) is 1. The summed E-state index contributed by atoms with van der Waals surface area (Å²) >= 11 is 0. The average Bonchev–Trinajstić information content (AvgIpc) is 2.32. The largest absolute Gasteiger partial charge is 0.365 e. The Labute approximate surface area is 109 Å². The van der Waals surface area contributed by atoms with E-state index in [0.717, 1.165) is 5.69 Å². The van der Waals surface area contributed by atoms with Gasteiger partial charge in [0.2, 0.25) is 0 Å². The van der Waals surface area contributed by atoms with Crippen LogP contribution in [0.1, 0.15) is 11.1 Å². The summed E-state index contributed by atoms with van der Waals surface area (Å²) in [5, 5.41) is 0. The van der Waals surface area contributed by atoms with Gasteiger partial charge in [0.1, 0.15) is 0 Å². The molecule has 0 aromatic heterocycles. The van der Waals surface area contributed by atoms with Gasteiger partial charge in [0.15, 0.2) is 9.84 Å². The number of anilines is 1. The second-order valence-electron chi connectivity index (χ2n) is 4.97. The molecule has 1 aliphatic heterocycles. The van der Waals surface area contributed by atoms with Crippen molar-refractivity contribution in [2.75, 3.05) is 29.5 Å². The van der Waals surface area contributed by atoms with Crippen molar-refractivity contribution in [3.63, 3.8) is 0 Å². The first-order valence-electron chi connectivity index (χ1n) is 6.17. The zero-order chi connectivity index (χ0) is 13.3. The fourth-order valence-electron chi connectivity index (χ4n) is 2.33. The third-order valence-corrected chi connectivity index (χ3v) is 5.32. The molecule has 1 unspecified atom stereocenters. The van der Waals surface area contributed by atoms with E-state index < -0.39 is 9.84 Å². The van der Waals surface area contributed by atoms with Gasteiger partial charge in [0.05, 0.1) is 17.5 Å². The first-order chi connectivity index (χ1) is 8.43. The van der Waals surface area contributed by atoms with E-state index in [1.807, 2.05) is 6.07 Å². The van der Waals surface area contributed by atoms with Crippen LogP contribution in [-0.2, 0) is 9.84 Å². The number of benzene rings is 1. The van der Waals surface area contributed by atoms with Crippen LogP contribution in [0.5, 0.6) is 0 Å². The van der Waals surface area contributed by atoms with Crippen LogP contribution < -0.4 is 10.6 Å². The molecule has 0 saturated carbocycles. The molecule has 100 valence electrons. The van der Waals surface area contributed by atoms with Crippen molar-refractivity contribution in [2.24, 2.45) is 5.73 Å². The average molecular weight is 268 g/mol. The number of aryl methyl sites for hydroxylation is 2. The molecular formula is C13H20N2O2S. The molecule has 18 heavy (non-hydrogen) atoms. The van der Waals surface area contributed by atoms with E-state index in [9.17, 15) is 8.42 Å². The molecule has 0 spiro atoms. The summed E-state index contributed by atoms with van der Waals surface area (Å²) in [5.74, 6) is 0.382. The van der Waals surface area contributed by atoms with Gasteiger partial charge >= 0.3 is 0 Å². The summed E-state index contributed by atoms with van der Waals surface area (Å²) in [4.78, 5) is 2.12. The van der Waals surface area contributed by atoms with Crippen molar-refractivity contribution >= 4 is 15.5 Å². The van der Waals surface area contributed by atoms with E-state index in [0.29, 0.717) is 13.1 Å². The quantitative estimate of drug-likeness (QED) is 0.864. The lowest BCUT2D eigenvalue weighted by atomic mass is 10.1. The zero-order valence-electron chi connectivity index (χ0n) is 10.9. The molecule has 4 nitrogen and oxygen atoms in total. The molecule has 1 saturated heterocycles. The van der Waals surface area contributed by atoms with Crippen molar-refractivity contribution < 1.29 is 8.42 Å². The molecule has 1 aliphatic rings. The highest BCUT2D eigenvalue weighted by Crippen LogP contribution is 2.23. The molecule has 2 N–H and O–H groups in total. The summed E-state index contributed by atoms with van der Waals surface area (Å²) < 4.78 is 23.3. The summed E-state index contributed by atoms with van der Waals surface area (Å²) in [6.45, 7) is 5.04. The summed E-state index contributed by atoms with van der Waals surface area (Å²) in [7, 11) is -2.92. The Morgan fingerprint density at radius 1 is 1.33 bits per heavy atom. The van der Waals surface area contributed by atoms with E-state index in [1.165, 1.54) is 11.1 Å². The van der Waals surface area contributed by atoms with Gasteiger partial charge in [-0.1, -0.05) is 6.07 Å². The Morgan fingerprint density at radius 2 is 2.06 bits per heavy atom. The lowest BCUT2D eigenvalue weighted by Crippen LogP contribution is -2.52. The molecule has 1 aromatic carbocycles. The summed E-state index contributed by atoms with van der Waals surface area (Å²) in [6.07, 6.45) is 0. The van der Waals surface area contributed by atoms with Crippen LogP contribution in [-0.4, -0.2) is 39.1 Å². The Kier molecular flexibility index (Phi) is 3.64. The minimum Gasteiger partial charge on any atom is -0.365 e. The topological polar surface area (TPSA) is 63.4 Å². The fraction of sp³-hybridized carbons (Fsp3) is 0.538. The van der Waals surface area contributed by atoms with Crippen LogP contribution in [0.3, 0.4) is 0 Å². The van der Waals surface area contributed by atoms with Gasteiger partial charge in [-0.05, 0) is 37.1 Å². The maximum absolute atomic E-state index is 11.6. The number of nitrogens with zero attached hydrogens (tertiary/aromatic N) is 1. The zero-order valence-corrected chi connectivity index (χ0v) is 11.7. The highest BCUT2D eigenvalue weighted by atomic mass is 32.2. The van der Waals surface area contributed by atoms with Crippen LogP contribution >= 0.6 is 0 Å². The maximum atomic E-state index is 11.6. The van der Waals surface area contributed by atoms with E-state index in [1.54, 1.807) is 0 Å². The van der Waals surface area contributed by atoms with Crippen molar-refractivity contribution in [2.45, 2.75) is 19.9 Å². The molecular weight excluding hydrogens is 248 g/mol. The number of sulfone groups is 1. The molecule has 1 fully saturated rings. The Bertz CT molecular complexity index is 540. The van der Waals surface area contributed by atoms with Gasteiger partial charge in [-0.25, -0.2) is 8.42 Å². The van der Waals surface area contributed by atoms with Crippen LogP contribution in [0.2, 0.25) is 0 Å². The van der Waals surface area contributed by atoms with Crippen molar-refractivity contribution in [1.29, 1.82) is 0 Å². The van der Waals surface area contributed by atoms with Crippen LogP contribution in [0.25, 0.3) is 0 Å². The smallest absolute Gasteiger partial charge is 0.154 e. The van der Waals surface area contributed by atoms with Crippen LogP contribution in [0, 0.1) is 13.8 Å². The molecule has 0 bridgehead atoms. The van der Waals surface area contributed by atoms with Crippen molar-refractivity contribution in [3.05, 3.63) is 29.3 Å². The maximum Gasteiger partial charge on any atom is 0.154 e. The molecule has 0 radical (unpaired) electrons. The van der Waals surface area contributed by atoms with Crippen molar-refractivity contribution in [3.8, 4) is 0 Å².